The van der Waals surface area contributed by atoms with Crippen LogP contribution in [0, 0.1) is 0 Å². The zero-order valence-electron chi connectivity index (χ0n) is 31.2. The molecule has 9 aromatic carbocycles. The fraction of sp³-hybridized carbons (Fsp3) is 0.0182. The normalized spacial score (nSPS) is 12.7. The Morgan fingerprint density at radius 1 is 0.368 bits per heavy atom. The number of furan rings is 1. The standard InChI is InChI=1S/C55H37NO/c1-4-14-38(15-5-1)40-24-30-46(31-25-40)56(48-34-28-39-16-10-11-17-42(39)36-48)47-32-26-41(27-33-47)43-29-35-51-50(37-43)54-53(49-22-12-13-23-52(49)57-54)55(51,44-18-6-2-7-19-44)45-20-8-3-9-21-45/h1-37H. The summed E-state index contributed by atoms with van der Waals surface area (Å²) in [6.45, 7) is 0. The minimum atomic E-state index is -0.529. The van der Waals surface area contributed by atoms with Crippen LogP contribution in [-0.2, 0) is 5.41 Å². The van der Waals surface area contributed by atoms with E-state index in [1.807, 2.05) is 0 Å². The van der Waals surface area contributed by atoms with Crippen LogP contribution < -0.4 is 4.90 Å². The summed E-state index contributed by atoms with van der Waals surface area (Å²) in [5.74, 6) is 0.943. The molecule has 57 heavy (non-hydrogen) atoms. The smallest absolute Gasteiger partial charge is 0.140 e. The lowest BCUT2D eigenvalue weighted by Gasteiger charge is -2.33. The van der Waals surface area contributed by atoms with E-state index in [0.29, 0.717) is 0 Å². The van der Waals surface area contributed by atoms with E-state index in [1.165, 1.54) is 44.2 Å². The maximum atomic E-state index is 6.84. The molecule has 1 aromatic heterocycles. The van der Waals surface area contributed by atoms with Crippen molar-refractivity contribution in [1.29, 1.82) is 0 Å². The van der Waals surface area contributed by atoms with E-state index < -0.39 is 5.41 Å². The van der Waals surface area contributed by atoms with Gasteiger partial charge in [0.1, 0.15) is 11.3 Å². The molecule has 0 N–H and O–H groups in total. The SMILES string of the molecule is c1ccc(-c2ccc(N(c3ccc(-c4ccc5c(c4)-c4oc6ccccc6c4C5(c4ccccc4)c4ccccc4)cc3)c3ccc4ccccc4c3)cc2)cc1. The number of benzene rings is 9. The number of rotatable bonds is 7. The molecule has 0 atom stereocenters. The topological polar surface area (TPSA) is 16.4 Å². The van der Waals surface area contributed by atoms with Crippen molar-refractivity contribution in [2.24, 2.45) is 0 Å². The number of nitrogens with zero attached hydrogens (tertiary/aromatic N) is 1. The molecule has 2 nitrogen and oxygen atoms in total. The number of hydrogen-bond acceptors (Lipinski definition) is 2. The monoisotopic (exact) mass is 727 g/mol. The van der Waals surface area contributed by atoms with Crippen LogP contribution in [0.2, 0.25) is 0 Å². The first-order chi connectivity index (χ1) is 28.3. The predicted octanol–water partition coefficient (Wildman–Crippen LogP) is 14.8. The zero-order valence-corrected chi connectivity index (χ0v) is 31.2. The average Bonchev–Trinajstić information content (AvgIpc) is 3.81. The molecule has 0 saturated carbocycles. The lowest BCUT2D eigenvalue weighted by atomic mass is 9.67. The first-order valence-electron chi connectivity index (χ1n) is 19.6. The average molecular weight is 728 g/mol. The summed E-state index contributed by atoms with van der Waals surface area (Å²) in [5.41, 5.74) is 14.4. The van der Waals surface area contributed by atoms with Crippen LogP contribution in [-0.4, -0.2) is 0 Å². The van der Waals surface area contributed by atoms with Crippen molar-refractivity contribution in [3.63, 3.8) is 0 Å². The summed E-state index contributed by atoms with van der Waals surface area (Å²) in [7, 11) is 0. The first-order valence-corrected chi connectivity index (χ1v) is 19.6. The highest BCUT2D eigenvalue weighted by atomic mass is 16.3. The Kier molecular flexibility index (Phi) is 7.75. The second-order valence-corrected chi connectivity index (χ2v) is 14.9. The largest absolute Gasteiger partial charge is 0.456 e. The van der Waals surface area contributed by atoms with Crippen LogP contribution in [0.25, 0.3) is 55.3 Å². The zero-order chi connectivity index (χ0) is 37.8. The van der Waals surface area contributed by atoms with Gasteiger partial charge < -0.3 is 9.32 Å². The molecule has 0 saturated heterocycles. The summed E-state index contributed by atoms with van der Waals surface area (Å²) in [6.07, 6.45) is 0. The Labute approximate surface area is 332 Å². The van der Waals surface area contributed by atoms with E-state index in [0.717, 1.165) is 50.5 Å². The van der Waals surface area contributed by atoms with Crippen molar-refractivity contribution >= 4 is 38.8 Å². The molecule has 0 unspecified atom stereocenters. The van der Waals surface area contributed by atoms with E-state index >= 15 is 0 Å². The van der Waals surface area contributed by atoms with Crippen LogP contribution in [0.3, 0.4) is 0 Å². The summed E-state index contributed by atoms with van der Waals surface area (Å²) >= 11 is 0. The van der Waals surface area contributed by atoms with E-state index in [1.54, 1.807) is 0 Å². The molecule has 0 fully saturated rings. The molecule has 10 aromatic rings. The van der Waals surface area contributed by atoms with Gasteiger partial charge in [0, 0.05) is 33.6 Å². The summed E-state index contributed by atoms with van der Waals surface area (Å²) in [6, 6.07) is 81.0. The fourth-order valence-corrected chi connectivity index (χ4v) is 9.12. The van der Waals surface area contributed by atoms with Crippen molar-refractivity contribution in [2.45, 2.75) is 5.41 Å². The van der Waals surface area contributed by atoms with Gasteiger partial charge in [-0.3, -0.25) is 0 Å². The summed E-state index contributed by atoms with van der Waals surface area (Å²) in [5, 5.41) is 3.58. The van der Waals surface area contributed by atoms with Gasteiger partial charge in [-0.1, -0.05) is 176 Å². The second-order valence-electron chi connectivity index (χ2n) is 14.9. The van der Waals surface area contributed by atoms with Gasteiger partial charge in [0.05, 0.1) is 5.41 Å². The number of para-hydroxylation sites is 1. The molecule has 0 spiro atoms. The van der Waals surface area contributed by atoms with E-state index in [4.69, 9.17) is 4.42 Å². The highest BCUT2D eigenvalue weighted by Crippen LogP contribution is 2.59. The molecule has 1 aliphatic rings. The highest BCUT2D eigenvalue weighted by molar-refractivity contribution is 5.98. The summed E-state index contributed by atoms with van der Waals surface area (Å²) < 4.78 is 6.84. The minimum Gasteiger partial charge on any atom is -0.456 e. The molecule has 1 heterocycles. The number of anilines is 3. The molecule has 0 radical (unpaired) electrons. The van der Waals surface area contributed by atoms with Crippen LogP contribution in [0.1, 0.15) is 22.3 Å². The lowest BCUT2D eigenvalue weighted by molar-refractivity contribution is 0.628. The third-order valence-corrected chi connectivity index (χ3v) is 11.7. The molecule has 0 amide bonds. The van der Waals surface area contributed by atoms with Crippen LogP contribution >= 0.6 is 0 Å². The minimum absolute atomic E-state index is 0.529. The van der Waals surface area contributed by atoms with Crippen molar-refractivity contribution in [3.8, 4) is 33.6 Å². The summed E-state index contributed by atoms with van der Waals surface area (Å²) in [4.78, 5) is 2.35. The highest BCUT2D eigenvalue weighted by Gasteiger charge is 2.49. The Morgan fingerprint density at radius 3 is 1.54 bits per heavy atom. The van der Waals surface area contributed by atoms with Crippen molar-refractivity contribution in [1.82, 2.24) is 0 Å². The molecular weight excluding hydrogens is 691 g/mol. The third kappa shape index (κ3) is 5.33. The van der Waals surface area contributed by atoms with Gasteiger partial charge in [-0.05, 0) is 98.2 Å². The fourth-order valence-electron chi connectivity index (χ4n) is 9.12. The van der Waals surface area contributed by atoms with E-state index in [2.05, 4.69) is 229 Å². The molecule has 0 aliphatic heterocycles. The molecule has 0 bridgehead atoms. The van der Waals surface area contributed by atoms with Gasteiger partial charge in [-0.25, -0.2) is 0 Å². The van der Waals surface area contributed by atoms with Gasteiger partial charge in [0.2, 0.25) is 0 Å². The molecular formula is C55H37NO. The maximum Gasteiger partial charge on any atom is 0.140 e. The van der Waals surface area contributed by atoms with Gasteiger partial charge in [-0.15, -0.1) is 0 Å². The van der Waals surface area contributed by atoms with Crippen LogP contribution in [0.15, 0.2) is 229 Å². The maximum absolute atomic E-state index is 6.84. The Balaban J connectivity index is 1.04. The predicted molar refractivity (Wildman–Crippen MR) is 237 cm³/mol. The Hall–Kier alpha value is -7.42. The number of fused-ring (bicyclic) bond motifs is 6. The van der Waals surface area contributed by atoms with Crippen molar-refractivity contribution < 1.29 is 4.42 Å². The molecule has 268 valence electrons. The molecule has 1 aliphatic carbocycles. The third-order valence-electron chi connectivity index (χ3n) is 11.7. The van der Waals surface area contributed by atoms with Crippen molar-refractivity contribution in [2.75, 3.05) is 4.90 Å². The molecule has 2 heteroatoms. The van der Waals surface area contributed by atoms with E-state index in [9.17, 15) is 0 Å². The quantitative estimate of drug-likeness (QED) is 0.163. The van der Waals surface area contributed by atoms with E-state index in [-0.39, 0.29) is 0 Å². The van der Waals surface area contributed by atoms with Crippen LogP contribution in [0.5, 0.6) is 0 Å². The van der Waals surface area contributed by atoms with Crippen molar-refractivity contribution in [3.05, 3.63) is 247 Å². The first kappa shape index (κ1) is 33.0. The Bertz CT molecular complexity index is 3000. The molecule has 11 rings (SSSR count). The Morgan fingerprint density at radius 2 is 0.877 bits per heavy atom. The van der Waals surface area contributed by atoms with Gasteiger partial charge in [0.15, 0.2) is 0 Å². The second kappa shape index (κ2) is 13.4. The van der Waals surface area contributed by atoms with Gasteiger partial charge in [-0.2, -0.15) is 0 Å². The lowest BCUT2D eigenvalue weighted by Crippen LogP contribution is -2.28. The van der Waals surface area contributed by atoms with Gasteiger partial charge in [0.25, 0.3) is 0 Å². The van der Waals surface area contributed by atoms with Gasteiger partial charge >= 0.3 is 0 Å². The van der Waals surface area contributed by atoms with Crippen LogP contribution in [0.4, 0.5) is 17.1 Å². The number of hydrogen-bond donors (Lipinski definition) is 0.